The quantitative estimate of drug-likeness (QED) is 0.542. The number of benzene rings is 1. The Hall–Kier alpha value is -1.10. The number of methoxy groups -OCH3 is 1. The van der Waals surface area contributed by atoms with E-state index >= 15 is 0 Å². The number of hydrogen-bond donors (Lipinski definition) is 1. The second-order valence-electron chi connectivity index (χ2n) is 2.04. The van der Waals surface area contributed by atoms with Crippen molar-refractivity contribution < 1.29 is 31.1 Å². The molecule has 0 spiro atoms. The molecule has 0 atom stereocenters. The van der Waals surface area contributed by atoms with Crippen molar-refractivity contribution in [3.63, 3.8) is 0 Å². The Morgan fingerprint density at radius 1 is 1.13 bits per heavy atom. The van der Waals surface area contributed by atoms with Crippen LogP contribution in [0.3, 0.4) is 0 Å². The van der Waals surface area contributed by atoms with Gasteiger partial charge in [0.05, 0.1) is 12.7 Å². The Morgan fingerprint density at radius 3 is 1.87 bits per heavy atom. The molecule has 0 fully saturated rings. The van der Waals surface area contributed by atoms with Gasteiger partial charge in [0, 0.05) is 0 Å². The molecule has 4 N–H and O–H groups in total. The average molecular weight is 230 g/mol. The van der Waals surface area contributed by atoms with Gasteiger partial charge in [0.15, 0.2) is 0 Å². The second-order valence-corrected chi connectivity index (χ2v) is 2.04. The first-order chi connectivity index (χ1) is 5.24. The Labute approximate surface area is 97.5 Å². The van der Waals surface area contributed by atoms with Gasteiger partial charge >= 0.3 is 23.3 Å². The van der Waals surface area contributed by atoms with E-state index in [0.717, 1.165) is 0 Å². The van der Waals surface area contributed by atoms with Gasteiger partial charge in [-0.3, -0.25) is 0 Å². The summed E-state index contributed by atoms with van der Waals surface area (Å²) in [4.78, 5) is 10.8. The normalized spacial score (nSPS) is 6.73. The van der Waals surface area contributed by atoms with Crippen LogP contribution in [0.1, 0.15) is 10.4 Å². The van der Waals surface area contributed by atoms with E-state index in [1.807, 2.05) is 0 Å². The van der Waals surface area contributed by atoms with Gasteiger partial charge in [0.1, 0.15) is 5.75 Å². The summed E-state index contributed by atoms with van der Waals surface area (Å²) in [5.41, 5.74) is 0.435. The van der Waals surface area contributed by atoms with Crippen LogP contribution in [0, 0.1) is 0 Å². The molecule has 0 heterocycles. The fraction of sp³-hybridized carbons (Fsp3) is 0.125. The predicted molar refractivity (Wildman–Crippen MR) is 51.0 cm³/mol. The third-order valence-electron chi connectivity index (χ3n) is 1.29. The molecule has 0 saturated heterocycles. The maximum atomic E-state index is 10.8. The Morgan fingerprint density at radius 2 is 1.53 bits per heavy atom. The standard InChI is InChI=1S/C8H8O3.Al.3H2O/c1-11-8(10)6-2-4-7(9)5-3-6;;;;/h2-5,9H,1H3;;3*1H2/q;+3;;;/p-3. The zero-order chi connectivity index (χ0) is 8.27. The molecular formula is C8H11AlO6. The number of ether oxygens (including phenoxy) is 1. The minimum absolute atomic E-state index is 0. The molecule has 0 unspecified atom stereocenters. The average Bonchev–Trinajstić information content (AvgIpc) is 2.05. The third-order valence-corrected chi connectivity index (χ3v) is 1.29. The number of phenols is 1. The summed E-state index contributed by atoms with van der Waals surface area (Å²) in [5, 5.41) is 8.86. The van der Waals surface area contributed by atoms with E-state index in [4.69, 9.17) is 5.11 Å². The van der Waals surface area contributed by atoms with Crippen LogP contribution in [0.25, 0.3) is 0 Å². The molecule has 7 heteroatoms. The number of hydrogen-bond acceptors (Lipinski definition) is 6. The summed E-state index contributed by atoms with van der Waals surface area (Å²) >= 11 is 0. The van der Waals surface area contributed by atoms with E-state index in [0.29, 0.717) is 5.56 Å². The van der Waals surface area contributed by atoms with Crippen LogP contribution in [0.2, 0.25) is 0 Å². The summed E-state index contributed by atoms with van der Waals surface area (Å²) in [5.74, 6) is -0.261. The largest absolute Gasteiger partial charge is 3.00 e. The molecule has 0 saturated carbocycles. The number of carbonyl (C=O) groups is 1. The minimum Gasteiger partial charge on any atom is -0.870 e. The van der Waals surface area contributed by atoms with Crippen molar-refractivity contribution in [1.29, 1.82) is 0 Å². The monoisotopic (exact) mass is 230 g/mol. The van der Waals surface area contributed by atoms with E-state index < -0.39 is 5.97 Å². The van der Waals surface area contributed by atoms with E-state index in [2.05, 4.69) is 4.74 Å². The maximum Gasteiger partial charge on any atom is 3.00 e. The van der Waals surface area contributed by atoms with Crippen LogP contribution in [-0.2, 0) is 4.74 Å². The fourth-order valence-corrected chi connectivity index (χ4v) is 0.715. The fourth-order valence-electron chi connectivity index (χ4n) is 0.715. The van der Waals surface area contributed by atoms with Crippen LogP contribution in [0.4, 0.5) is 0 Å². The zero-order valence-electron chi connectivity index (χ0n) is 7.99. The van der Waals surface area contributed by atoms with Crippen molar-refractivity contribution >= 4 is 23.3 Å². The molecule has 0 aliphatic carbocycles. The van der Waals surface area contributed by atoms with Crippen LogP contribution < -0.4 is 0 Å². The van der Waals surface area contributed by atoms with Gasteiger partial charge in [-0.15, -0.1) is 0 Å². The van der Waals surface area contributed by atoms with Crippen molar-refractivity contribution in [3.8, 4) is 5.75 Å². The summed E-state index contributed by atoms with van der Waals surface area (Å²) in [6.45, 7) is 0. The maximum absolute atomic E-state index is 10.8. The van der Waals surface area contributed by atoms with Crippen LogP contribution in [0.15, 0.2) is 24.3 Å². The van der Waals surface area contributed by atoms with Crippen LogP contribution >= 0.6 is 0 Å². The Balaban J connectivity index is -0.000000151. The molecular weight excluding hydrogens is 219 g/mol. The van der Waals surface area contributed by atoms with E-state index in [1.165, 1.54) is 31.4 Å². The Bertz CT molecular complexity index is 260. The van der Waals surface area contributed by atoms with E-state index in [-0.39, 0.29) is 39.5 Å². The summed E-state index contributed by atoms with van der Waals surface area (Å²) in [6, 6.07) is 5.88. The van der Waals surface area contributed by atoms with Gasteiger partial charge in [-0.05, 0) is 24.3 Å². The number of esters is 1. The van der Waals surface area contributed by atoms with Crippen molar-refractivity contribution in [3.05, 3.63) is 29.8 Å². The number of carbonyl (C=O) groups excluding carboxylic acids is 1. The van der Waals surface area contributed by atoms with Gasteiger partial charge in [-0.25, -0.2) is 4.79 Å². The van der Waals surface area contributed by atoms with Crippen molar-refractivity contribution in [1.82, 2.24) is 0 Å². The Kier molecular flexibility index (Phi) is 17.3. The smallest absolute Gasteiger partial charge is 0.870 e. The first-order valence-corrected chi connectivity index (χ1v) is 3.11. The van der Waals surface area contributed by atoms with E-state index in [1.54, 1.807) is 0 Å². The van der Waals surface area contributed by atoms with Gasteiger partial charge < -0.3 is 26.3 Å². The molecule has 82 valence electrons. The summed E-state index contributed by atoms with van der Waals surface area (Å²) in [7, 11) is 1.31. The van der Waals surface area contributed by atoms with Gasteiger partial charge in [0.2, 0.25) is 0 Å². The first-order valence-electron chi connectivity index (χ1n) is 3.11. The van der Waals surface area contributed by atoms with Gasteiger partial charge in [0.25, 0.3) is 0 Å². The molecule has 0 bridgehead atoms. The molecule has 1 rings (SSSR count). The number of aromatic hydroxyl groups is 1. The van der Waals surface area contributed by atoms with Crippen molar-refractivity contribution in [2.75, 3.05) is 7.11 Å². The molecule has 0 radical (unpaired) electrons. The molecule has 1 aromatic carbocycles. The SMILES string of the molecule is COC(=O)c1ccc(O)cc1.[Al+3].[OH-].[OH-].[OH-]. The minimum atomic E-state index is -0.398. The molecule has 6 nitrogen and oxygen atoms in total. The summed E-state index contributed by atoms with van der Waals surface area (Å²) < 4.78 is 4.46. The van der Waals surface area contributed by atoms with Crippen molar-refractivity contribution in [2.24, 2.45) is 0 Å². The molecule has 0 aliphatic rings. The molecule has 0 aliphatic heterocycles. The van der Waals surface area contributed by atoms with Crippen LogP contribution in [0.5, 0.6) is 5.75 Å². The topological polar surface area (TPSA) is 137 Å². The van der Waals surface area contributed by atoms with E-state index in [9.17, 15) is 4.79 Å². The van der Waals surface area contributed by atoms with Crippen LogP contribution in [-0.4, -0.2) is 52.0 Å². The molecule has 0 aromatic heterocycles. The first kappa shape index (κ1) is 23.6. The zero-order valence-corrected chi connectivity index (χ0v) is 9.15. The van der Waals surface area contributed by atoms with Gasteiger partial charge in [-0.2, -0.15) is 0 Å². The third kappa shape index (κ3) is 6.91. The number of rotatable bonds is 1. The molecule has 15 heavy (non-hydrogen) atoms. The number of phenolic OH excluding ortho intramolecular Hbond substituents is 1. The second kappa shape index (κ2) is 11.0. The predicted octanol–water partition coefficient (Wildman–Crippen LogP) is 0.268. The molecule has 0 amide bonds. The van der Waals surface area contributed by atoms with Gasteiger partial charge in [-0.1, -0.05) is 0 Å². The van der Waals surface area contributed by atoms with Crippen molar-refractivity contribution in [2.45, 2.75) is 0 Å². The summed E-state index contributed by atoms with van der Waals surface area (Å²) in [6.07, 6.45) is 0. The molecule has 1 aromatic rings.